The van der Waals surface area contributed by atoms with Crippen LogP contribution in [-0.4, -0.2) is 0 Å². The molecule has 0 unspecified atom stereocenters. The highest BCUT2D eigenvalue weighted by atomic mass is 15.2. The van der Waals surface area contributed by atoms with Crippen molar-refractivity contribution in [2.24, 2.45) is 30.7 Å². The fourth-order valence-corrected chi connectivity index (χ4v) is 2.22. The van der Waals surface area contributed by atoms with E-state index in [2.05, 4.69) is 30.7 Å². The molecular formula is C18H12N6. The van der Waals surface area contributed by atoms with Gasteiger partial charge in [0.15, 0.2) is 0 Å². The summed E-state index contributed by atoms with van der Waals surface area (Å²) in [5.74, 6) is 0. The van der Waals surface area contributed by atoms with Crippen LogP contribution in [0.5, 0.6) is 0 Å². The van der Waals surface area contributed by atoms with Crippen molar-refractivity contribution >= 4 is 34.1 Å². The van der Waals surface area contributed by atoms with Gasteiger partial charge in [0.05, 0.1) is 0 Å². The first-order valence-electron chi connectivity index (χ1n) is 7.42. The van der Waals surface area contributed by atoms with Gasteiger partial charge in [-0.25, -0.2) is 0 Å². The Bertz CT molecular complexity index is 772. The molecule has 1 aliphatic heterocycles. The monoisotopic (exact) mass is 312 g/mol. The highest BCUT2D eigenvalue weighted by Crippen LogP contribution is 2.37. The van der Waals surface area contributed by atoms with E-state index < -0.39 is 0 Å². The molecule has 24 heavy (non-hydrogen) atoms. The number of benzene rings is 3. The van der Waals surface area contributed by atoms with Crippen LogP contribution >= 0.6 is 0 Å². The van der Waals surface area contributed by atoms with E-state index >= 15 is 0 Å². The van der Waals surface area contributed by atoms with Gasteiger partial charge in [-0.05, 0) is 36.4 Å². The number of azo groups is 3. The average molecular weight is 312 g/mol. The van der Waals surface area contributed by atoms with Gasteiger partial charge in [-0.2, -0.15) is 0 Å². The SMILES string of the molecule is c1ccc2c(c1)N=Nc1ccccc1N=Nc1ccccc1N=N2. The summed E-state index contributed by atoms with van der Waals surface area (Å²) < 4.78 is 0. The fraction of sp³-hybridized carbons (Fsp3) is 0. The van der Waals surface area contributed by atoms with Gasteiger partial charge >= 0.3 is 0 Å². The van der Waals surface area contributed by atoms with Crippen LogP contribution in [0.4, 0.5) is 34.1 Å². The standard InChI is InChI=1S/C18H12N6/c1-2-8-14-13(7-1)19-21-15-9-3-4-10-16(15)23-24-18-12-6-5-11-17(18)22-20-14/h1-12H. The van der Waals surface area contributed by atoms with Crippen LogP contribution in [0.2, 0.25) is 0 Å². The third-order valence-corrected chi connectivity index (χ3v) is 3.44. The summed E-state index contributed by atoms with van der Waals surface area (Å²) in [4.78, 5) is 0. The summed E-state index contributed by atoms with van der Waals surface area (Å²) >= 11 is 0. The topological polar surface area (TPSA) is 74.2 Å². The molecule has 0 spiro atoms. The number of hydrogen-bond acceptors (Lipinski definition) is 6. The molecule has 0 atom stereocenters. The predicted octanol–water partition coefficient (Wildman–Crippen LogP) is 7.25. The molecule has 0 aliphatic carbocycles. The Labute approximate surface area is 138 Å². The van der Waals surface area contributed by atoms with E-state index in [4.69, 9.17) is 0 Å². The molecule has 0 aromatic heterocycles. The summed E-state index contributed by atoms with van der Waals surface area (Å²) in [6.07, 6.45) is 0. The molecule has 0 bridgehead atoms. The van der Waals surface area contributed by atoms with Crippen molar-refractivity contribution in [1.29, 1.82) is 0 Å². The van der Waals surface area contributed by atoms with Crippen molar-refractivity contribution in [2.45, 2.75) is 0 Å². The lowest BCUT2D eigenvalue weighted by Gasteiger charge is -2.03. The van der Waals surface area contributed by atoms with Crippen LogP contribution in [0.3, 0.4) is 0 Å². The Hall–Kier alpha value is -3.54. The molecule has 3 aromatic carbocycles. The Morgan fingerprint density at radius 1 is 0.292 bits per heavy atom. The number of nitrogens with zero attached hydrogens (tertiary/aromatic N) is 6. The molecule has 0 saturated carbocycles. The molecule has 3 aromatic rings. The van der Waals surface area contributed by atoms with Crippen LogP contribution < -0.4 is 0 Å². The molecule has 6 heteroatoms. The Morgan fingerprint density at radius 3 is 0.625 bits per heavy atom. The molecule has 1 heterocycles. The summed E-state index contributed by atoms with van der Waals surface area (Å²) in [5.41, 5.74) is 3.87. The highest BCUT2D eigenvalue weighted by molar-refractivity contribution is 5.66. The fourth-order valence-electron chi connectivity index (χ4n) is 2.22. The lowest BCUT2D eigenvalue weighted by Crippen LogP contribution is -1.72. The molecule has 1 aliphatic rings. The van der Waals surface area contributed by atoms with Crippen molar-refractivity contribution in [3.8, 4) is 0 Å². The van der Waals surface area contributed by atoms with E-state index in [1.807, 2.05) is 72.8 Å². The van der Waals surface area contributed by atoms with Gasteiger partial charge in [0, 0.05) is 0 Å². The maximum Gasteiger partial charge on any atom is 0.113 e. The second-order valence-electron chi connectivity index (χ2n) is 5.07. The van der Waals surface area contributed by atoms with Crippen LogP contribution in [0, 0.1) is 0 Å². The number of hydrogen-bond donors (Lipinski definition) is 0. The first-order valence-corrected chi connectivity index (χ1v) is 7.42. The lowest BCUT2D eigenvalue weighted by atomic mass is 10.2. The molecular weight excluding hydrogens is 300 g/mol. The van der Waals surface area contributed by atoms with E-state index in [-0.39, 0.29) is 0 Å². The van der Waals surface area contributed by atoms with Crippen molar-refractivity contribution in [3.63, 3.8) is 0 Å². The largest absolute Gasteiger partial charge is 0.148 e. The zero-order chi connectivity index (χ0) is 16.2. The van der Waals surface area contributed by atoms with Gasteiger partial charge in [-0.1, -0.05) is 36.4 Å². The van der Waals surface area contributed by atoms with Crippen LogP contribution in [0.25, 0.3) is 0 Å². The van der Waals surface area contributed by atoms with E-state index in [9.17, 15) is 0 Å². The van der Waals surface area contributed by atoms with Gasteiger partial charge in [0.25, 0.3) is 0 Å². The first-order chi connectivity index (χ1) is 11.9. The molecule has 0 saturated heterocycles. The van der Waals surface area contributed by atoms with E-state index in [1.54, 1.807) is 0 Å². The van der Waals surface area contributed by atoms with Gasteiger partial charge in [-0.3, -0.25) is 0 Å². The maximum atomic E-state index is 4.29. The van der Waals surface area contributed by atoms with E-state index in [1.165, 1.54) is 0 Å². The predicted molar refractivity (Wildman–Crippen MR) is 91.9 cm³/mol. The van der Waals surface area contributed by atoms with Crippen molar-refractivity contribution in [2.75, 3.05) is 0 Å². The summed E-state index contributed by atoms with van der Waals surface area (Å²) in [6.45, 7) is 0. The molecule has 4 rings (SSSR count). The third kappa shape index (κ3) is 2.85. The average Bonchev–Trinajstić information content (AvgIpc) is 2.64. The first kappa shape index (κ1) is 14.1. The number of fused-ring (bicyclic) bond motifs is 3. The summed E-state index contributed by atoms with van der Waals surface area (Å²) in [5, 5.41) is 25.7. The minimum absolute atomic E-state index is 0.644. The smallest absolute Gasteiger partial charge is 0.113 e. The maximum absolute atomic E-state index is 4.29. The van der Waals surface area contributed by atoms with Gasteiger partial charge < -0.3 is 0 Å². The quantitative estimate of drug-likeness (QED) is 0.328. The van der Waals surface area contributed by atoms with Crippen molar-refractivity contribution in [1.82, 2.24) is 0 Å². The van der Waals surface area contributed by atoms with Crippen LogP contribution in [-0.2, 0) is 0 Å². The Balaban J connectivity index is 1.94. The van der Waals surface area contributed by atoms with Crippen molar-refractivity contribution in [3.05, 3.63) is 72.8 Å². The molecule has 6 nitrogen and oxygen atoms in total. The van der Waals surface area contributed by atoms with Crippen LogP contribution in [0.15, 0.2) is 103 Å². The summed E-state index contributed by atoms with van der Waals surface area (Å²) in [7, 11) is 0. The molecule has 114 valence electrons. The molecule has 0 N–H and O–H groups in total. The molecule has 0 amide bonds. The highest BCUT2D eigenvalue weighted by Gasteiger charge is 2.05. The second kappa shape index (κ2) is 6.29. The molecule has 0 radical (unpaired) electrons. The van der Waals surface area contributed by atoms with Gasteiger partial charge in [0.2, 0.25) is 0 Å². The normalized spacial score (nSPS) is 12.5. The zero-order valence-corrected chi connectivity index (χ0v) is 12.6. The van der Waals surface area contributed by atoms with Crippen LogP contribution in [0.1, 0.15) is 0 Å². The van der Waals surface area contributed by atoms with E-state index in [0.717, 1.165) is 0 Å². The zero-order valence-electron chi connectivity index (χ0n) is 12.6. The van der Waals surface area contributed by atoms with E-state index in [0.29, 0.717) is 34.1 Å². The van der Waals surface area contributed by atoms with Crippen molar-refractivity contribution < 1.29 is 0 Å². The lowest BCUT2D eigenvalue weighted by molar-refractivity contribution is 1.14. The Morgan fingerprint density at radius 2 is 0.458 bits per heavy atom. The van der Waals surface area contributed by atoms with Gasteiger partial charge in [0.1, 0.15) is 34.1 Å². The minimum Gasteiger partial charge on any atom is -0.148 e. The minimum atomic E-state index is 0.644. The third-order valence-electron chi connectivity index (χ3n) is 3.44. The van der Waals surface area contributed by atoms with Gasteiger partial charge in [-0.15, -0.1) is 30.7 Å². The second-order valence-corrected chi connectivity index (χ2v) is 5.07. The molecule has 0 fully saturated rings. The Kier molecular flexibility index (Phi) is 3.69. The number of rotatable bonds is 0. The summed E-state index contributed by atoms with van der Waals surface area (Å²) in [6, 6.07) is 22.4.